The molecule has 0 spiro atoms. The highest BCUT2D eigenvalue weighted by atomic mass is 32.2. The van der Waals surface area contributed by atoms with E-state index in [4.69, 9.17) is 0 Å². The molecule has 0 N–H and O–H groups in total. The van der Waals surface area contributed by atoms with E-state index in [9.17, 15) is 8.42 Å². The maximum Gasteiger partial charge on any atom is 0.247 e. The van der Waals surface area contributed by atoms with Crippen LogP contribution in [0.25, 0.3) is 11.0 Å². The fraction of sp³-hybridized carbons (Fsp3) is 0.250. The first-order valence-electron chi connectivity index (χ1n) is 8.82. The van der Waals surface area contributed by atoms with Crippen LogP contribution in [-0.2, 0) is 16.4 Å². The second kappa shape index (κ2) is 6.74. The molecule has 0 bridgehead atoms. The average molecular weight is 380 g/mol. The van der Waals surface area contributed by atoms with E-state index in [-0.39, 0.29) is 6.04 Å². The number of nitrogens with zero attached hydrogens (tertiary/aromatic N) is 4. The van der Waals surface area contributed by atoms with Crippen LogP contribution in [0.2, 0.25) is 0 Å². The molecule has 7 heteroatoms. The third-order valence-corrected chi connectivity index (χ3v) is 5.80. The molecular weight excluding hydrogens is 360 g/mol. The number of hydrazone groups is 1. The van der Waals surface area contributed by atoms with Crippen LogP contribution in [0.1, 0.15) is 36.1 Å². The van der Waals surface area contributed by atoms with Gasteiger partial charge in [0, 0.05) is 18.8 Å². The van der Waals surface area contributed by atoms with E-state index >= 15 is 0 Å². The normalized spacial score (nSPS) is 17.3. The van der Waals surface area contributed by atoms with Crippen LogP contribution in [0.15, 0.2) is 60.0 Å². The van der Waals surface area contributed by atoms with Crippen LogP contribution in [0.4, 0.5) is 0 Å². The average Bonchev–Trinajstić information content (AvgIpc) is 3.14. The van der Waals surface area contributed by atoms with Crippen molar-refractivity contribution in [1.82, 2.24) is 14.4 Å². The summed E-state index contributed by atoms with van der Waals surface area (Å²) in [5.74, 6) is 0. The van der Waals surface area contributed by atoms with Gasteiger partial charge in [0.25, 0.3) is 0 Å². The van der Waals surface area contributed by atoms with Gasteiger partial charge < -0.3 is 0 Å². The Bertz CT molecular complexity index is 1120. The van der Waals surface area contributed by atoms with Crippen LogP contribution in [0, 0.1) is 0 Å². The van der Waals surface area contributed by atoms with Gasteiger partial charge >= 0.3 is 0 Å². The van der Waals surface area contributed by atoms with Gasteiger partial charge in [0.2, 0.25) is 10.0 Å². The third-order valence-electron chi connectivity index (χ3n) is 4.79. The summed E-state index contributed by atoms with van der Waals surface area (Å²) in [5.41, 5.74) is 5.33. The van der Waals surface area contributed by atoms with Gasteiger partial charge in [0.05, 0.1) is 29.0 Å². The SMILES string of the molecule is CCc1ccc(C2=NN(S(C)(=O)=O)C(c3ccc4nccnc4c3)C2)cc1. The quantitative estimate of drug-likeness (QED) is 0.696. The fourth-order valence-corrected chi connectivity index (χ4v) is 4.24. The number of hydrogen-bond acceptors (Lipinski definition) is 5. The molecule has 27 heavy (non-hydrogen) atoms. The highest BCUT2D eigenvalue weighted by Crippen LogP contribution is 2.35. The van der Waals surface area contributed by atoms with Crippen LogP contribution in [0.5, 0.6) is 0 Å². The molecule has 0 fully saturated rings. The van der Waals surface area contributed by atoms with Crippen LogP contribution in [0.3, 0.4) is 0 Å². The van der Waals surface area contributed by atoms with Gasteiger partial charge in [-0.25, -0.2) is 8.42 Å². The van der Waals surface area contributed by atoms with Gasteiger partial charge in [-0.2, -0.15) is 9.52 Å². The Morgan fingerprint density at radius 1 is 1.04 bits per heavy atom. The van der Waals surface area contributed by atoms with Crippen molar-refractivity contribution in [3.63, 3.8) is 0 Å². The second-order valence-electron chi connectivity index (χ2n) is 6.66. The van der Waals surface area contributed by atoms with E-state index in [0.717, 1.165) is 34.3 Å². The molecule has 0 radical (unpaired) electrons. The number of aromatic nitrogens is 2. The molecule has 3 aromatic rings. The van der Waals surface area contributed by atoms with Crippen molar-refractivity contribution in [2.24, 2.45) is 5.10 Å². The summed E-state index contributed by atoms with van der Waals surface area (Å²) in [6.45, 7) is 2.10. The predicted molar refractivity (Wildman–Crippen MR) is 106 cm³/mol. The largest absolute Gasteiger partial charge is 0.253 e. The minimum absolute atomic E-state index is 0.382. The molecule has 0 saturated carbocycles. The molecular formula is C20H20N4O2S. The summed E-state index contributed by atoms with van der Waals surface area (Å²) in [6, 6.07) is 13.4. The zero-order valence-electron chi connectivity index (χ0n) is 15.2. The topological polar surface area (TPSA) is 75.5 Å². The molecule has 138 valence electrons. The molecule has 1 aromatic heterocycles. The summed E-state index contributed by atoms with van der Waals surface area (Å²) in [7, 11) is -3.50. The second-order valence-corrected chi connectivity index (χ2v) is 8.50. The number of sulfonamides is 1. The highest BCUT2D eigenvalue weighted by molar-refractivity contribution is 7.88. The van der Waals surface area contributed by atoms with Crippen LogP contribution in [-0.4, -0.2) is 34.8 Å². The van der Waals surface area contributed by atoms with Gasteiger partial charge in [-0.05, 0) is 35.2 Å². The van der Waals surface area contributed by atoms with Crippen molar-refractivity contribution in [1.29, 1.82) is 0 Å². The van der Waals surface area contributed by atoms with Gasteiger partial charge in [-0.1, -0.05) is 37.3 Å². The van der Waals surface area contributed by atoms with Crippen molar-refractivity contribution in [2.75, 3.05) is 6.26 Å². The van der Waals surface area contributed by atoms with Gasteiger partial charge in [-0.3, -0.25) is 9.97 Å². The van der Waals surface area contributed by atoms with Crippen LogP contribution >= 0.6 is 0 Å². The number of hydrogen-bond donors (Lipinski definition) is 0. The van der Waals surface area contributed by atoms with Crippen molar-refractivity contribution in [3.05, 3.63) is 71.5 Å². The molecule has 1 atom stereocenters. The van der Waals surface area contributed by atoms with E-state index in [1.807, 2.05) is 30.3 Å². The van der Waals surface area contributed by atoms with E-state index in [1.54, 1.807) is 12.4 Å². The molecule has 4 rings (SSSR count). The number of benzene rings is 2. The van der Waals surface area contributed by atoms with Crippen LogP contribution < -0.4 is 0 Å². The molecule has 2 aromatic carbocycles. The molecule has 1 aliphatic rings. The minimum Gasteiger partial charge on any atom is -0.253 e. The van der Waals surface area contributed by atoms with Crippen molar-refractivity contribution >= 4 is 26.8 Å². The smallest absolute Gasteiger partial charge is 0.247 e. The zero-order valence-corrected chi connectivity index (χ0v) is 16.0. The summed E-state index contributed by atoms with van der Waals surface area (Å²) in [4.78, 5) is 8.60. The first-order chi connectivity index (χ1) is 13.0. The summed E-state index contributed by atoms with van der Waals surface area (Å²) < 4.78 is 25.9. The standard InChI is InChI=1S/C20H20N4O2S/c1-3-14-4-6-15(7-5-14)18-13-20(24(23-18)27(2,25)26)16-8-9-17-19(12-16)22-11-10-21-17/h4-12,20H,3,13H2,1-2H3. The van der Waals surface area contributed by atoms with E-state index in [0.29, 0.717) is 6.42 Å². The monoisotopic (exact) mass is 380 g/mol. The Kier molecular flexibility index (Phi) is 4.39. The lowest BCUT2D eigenvalue weighted by atomic mass is 9.98. The Balaban J connectivity index is 1.73. The van der Waals surface area contributed by atoms with Crippen molar-refractivity contribution in [3.8, 4) is 0 Å². The Morgan fingerprint density at radius 3 is 2.41 bits per heavy atom. The number of fused-ring (bicyclic) bond motifs is 1. The lowest BCUT2D eigenvalue weighted by Gasteiger charge is -2.21. The van der Waals surface area contributed by atoms with E-state index < -0.39 is 10.0 Å². The zero-order chi connectivity index (χ0) is 19.0. The van der Waals surface area contributed by atoms with Crippen molar-refractivity contribution < 1.29 is 8.42 Å². The van der Waals surface area contributed by atoms with E-state index in [2.05, 4.69) is 34.1 Å². The maximum absolute atomic E-state index is 12.3. The third kappa shape index (κ3) is 3.42. The van der Waals surface area contributed by atoms with Gasteiger partial charge in [-0.15, -0.1) is 0 Å². The first kappa shape index (κ1) is 17.6. The Morgan fingerprint density at radius 2 is 1.74 bits per heavy atom. The summed E-state index contributed by atoms with van der Waals surface area (Å²) >= 11 is 0. The predicted octanol–water partition coefficient (Wildman–Crippen LogP) is 3.30. The van der Waals surface area contributed by atoms with Gasteiger partial charge in [0.1, 0.15) is 0 Å². The minimum atomic E-state index is -3.50. The lowest BCUT2D eigenvalue weighted by Crippen LogP contribution is -2.25. The maximum atomic E-state index is 12.3. The number of aryl methyl sites for hydroxylation is 1. The van der Waals surface area contributed by atoms with E-state index in [1.165, 1.54) is 16.2 Å². The Labute approximate surface area is 158 Å². The summed E-state index contributed by atoms with van der Waals surface area (Å²) in [6.07, 6.45) is 5.94. The molecule has 2 heterocycles. The summed E-state index contributed by atoms with van der Waals surface area (Å²) in [5, 5.41) is 4.45. The van der Waals surface area contributed by atoms with Gasteiger partial charge in [0.15, 0.2) is 0 Å². The molecule has 1 unspecified atom stereocenters. The lowest BCUT2D eigenvalue weighted by molar-refractivity contribution is 0.375. The Hall–Kier alpha value is -2.80. The molecule has 1 aliphatic heterocycles. The molecule has 6 nitrogen and oxygen atoms in total. The molecule has 0 aliphatic carbocycles. The highest BCUT2D eigenvalue weighted by Gasteiger charge is 2.34. The molecule has 0 amide bonds. The molecule has 0 saturated heterocycles. The fourth-order valence-electron chi connectivity index (χ4n) is 3.34. The first-order valence-corrected chi connectivity index (χ1v) is 10.7. The number of rotatable bonds is 4. The van der Waals surface area contributed by atoms with Crippen molar-refractivity contribution in [2.45, 2.75) is 25.8 Å².